The molecule has 8 heteroatoms. The normalized spacial score (nSPS) is 25.9. The molecule has 0 bridgehead atoms. The molecule has 3 atom stereocenters. The van der Waals surface area contributed by atoms with Crippen molar-refractivity contribution in [1.82, 2.24) is 0 Å². The zero-order valence-electron chi connectivity index (χ0n) is 17.2. The Labute approximate surface area is 173 Å². The predicted molar refractivity (Wildman–Crippen MR) is 105 cm³/mol. The van der Waals surface area contributed by atoms with Gasteiger partial charge in [-0.25, -0.2) is 14.4 Å². The molecule has 8 nitrogen and oxygen atoms in total. The van der Waals surface area contributed by atoms with E-state index in [2.05, 4.69) is 5.32 Å². The Balaban J connectivity index is 1.48. The van der Waals surface area contributed by atoms with Crippen molar-refractivity contribution in [3.8, 4) is 0 Å². The molecule has 4 rings (SSSR count). The van der Waals surface area contributed by atoms with Gasteiger partial charge in [0.15, 0.2) is 0 Å². The van der Waals surface area contributed by atoms with Crippen molar-refractivity contribution in [2.75, 3.05) is 5.32 Å². The number of carbonyl (C=O) groups excluding carboxylic acids is 3. The van der Waals surface area contributed by atoms with Crippen LogP contribution in [0, 0.1) is 5.92 Å². The van der Waals surface area contributed by atoms with Crippen LogP contribution in [0.1, 0.15) is 44.9 Å². The minimum atomic E-state index is -0.842. The fourth-order valence-corrected chi connectivity index (χ4v) is 3.71. The number of cyclic esters (lactones) is 1. The van der Waals surface area contributed by atoms with E-state index < -0.39 is 36.0 Å². The van der Waals surface area contributed by atoms with Gasteiger partial charge in [0.1, 0.15) is 11.7 Å². The third-order valence-electron chi connectivity index (χ3n) is 5.03. The van der Waals surface area contributed by atoms with Gasteiger partial charge in [-0.1, -0.05) is 6.07 Å². The molecule has 1 amide bonds. The SMILES string of the molecule is CC1=C[C@@H](O/C=C2/C(=O)O[C@@H]3c4cc(NC(=O)OC(C)(C)C)ccc4C[C@H]23)OC1=O. The highest BCUT2D eigenvalue weighted by Gasteiger charge is 2.46. The van der Waals surface area contributed by atoms with Crippen molar-refractivity contribution in [1.29, 1.82) is 0 Å². The van der Waals surface area contributed by atoms with Gasteiger partial charge < -0.3 is 18.9 Å². The van der Waals surface area contributed by atoms with Crippen LogP contribution in [0.15, 0.2) is 41.7 Å². The molecule has 0 radical (unpaired) electrons. The molecule has 2 heterocycles. The van der Waals surface area contributed by atoms with Crippen LogP contribution in [-0.2, 0) is 35.0 Å². The molecule has 1 aromatic carbocycles. The summed E-state index contributed by atoms with van der Waals surface area (Å²) >= 11 is 0. The maximum atomic E-state index is 12.4. The van der Waals surface area contributed by atoms with Crippen LogP contribution < -0.4 is 5.32 Å². The molecule has 30 heavy (non-hydrogen) atoms. The maximum Gasteiger partial charge on any atom is 0.412 e. The standard InChI is InChI=1S/C22H23NO7/c1-11-7-17(28-19(11)24)27-10-16-15-8-12-5-6-13(23-21(26)30-22(2,3)4)9-14(12)18(15)29-20(16)25/h5-7,9-10,15,17-18H,8H2,1-4H3,(H,23,26)/b16-10+/t15-,17+,18-/m1/s1. The maximum absolute atomic E-state index is 12.4. The number of rotatable bonds is 3. The van der Waals surface area contributed by atoms with E-state index in [1.165, 1.54) is 6.26 Å². The number of ether oxygens (including phenoxy) is 4. The first-order valence-electron chi connectivity index (χ1n) is 9.69. The monoisotopic (exact) mass is 413 g/mol. The summed E-state index contributed by atoms with van der Waals surface area (Å²) in [7, 11) is 0. The number of benzene rings is 1. The summed E-state index contributed by atoms with van der Waals surface area (Å²) < 4.78 is 21.3. The van der Waals surface area contributed by atoms with E-state index in [0.717, 1.165) is 11.1 Å². The summed E-state index contributed by atoms with van der Waals surface area (Å²) in [5.41, 5.74) is 2.69. The predicted octanol–water partition coefficient (Wildman–Crippen LogP) is 3.53. The Morgan fingerprint density at radius 3 is 2.63 bits per heavy atom. The molecule has 1 saturated heterocycles. The second-order valence-electron chi connectivity index (χ2n) is 8.51. The number of esters is 2. The lowest BCUT2D eigenvalue weighted by atomic mass is 9.98. The molecule has 1 N–H and O–H groups in total. The average molecular weight is 413 g/mol. The topological polar surface area (TPSA) is 100 Å². The Hall–Kier alpha value is -3.29. The fourth-order valence-electron chi connectivity index (χ4n) is 3.71. The van der Waals surface area contributed by atoms with Crippen molar-refractivity contribution in [2.45, 2.75) is 52.1 Å². The van der Waals surface area contributed by atoms with E-state index >= 15 is 0 Å². The minimum absolute atomic E-state index is 0.202. The van der Waals surface area contributed by atoms with E-state index in [-0.39, 0.29) is 5.92 Å². The van der Waals surface area contributed by atoms with Crippen LogP contribution in [-0.4, -0.2) is 29.9 Å². The first-order chi connectivity index (χ1) is 14.1. The molecule has 0 spiro atoms. The highest BCUT2D eigenvalue weighted by molar-refractivity contribution is 5.92. The van der Waals surface area contributed by atoms with Gasteiger partial charge in [0.05, 0.1) is 11.8 Å². The number of hydrogen-bond acceptors (Lipinski definition) is 7. The molecular weight excluding hydrogens is 390 g/mol. The van der Waals surface area contributed by atoms with Crippen LogP contribution in [0.3, 0.4) is 0 Å². The van der Waals surface area contributed by atoms with Crippen LogP contribution in [0.5, 0.6) is 0 Å². The van der Waals surface area contributed by atoms with Gasteiger partial charge >= 0.3 is 18.0 Å². The van der Waals surface area contributed by atoms with Crippen molar-refractivity contribution in [2.24, 2.45) is 5.92 Å². The summed E-state index contributed by atoms with van der Waals surface area (Å²) in [5, 5.41) is 2.71. The lowest BCUT2D eigenvalue weighted by Crippen LogP contribution is -2.27. The molecule has 0 unspecified atom stereocenters. The number of anilines is 1. The van der Waals surface area contributed by atoms with Gasteiger partial charge in [-0.3, -0.25) is 5.32 Å². The fraction of sp³-hybridized carbons (Fsp3) is 0.409. The third-order valence-corrected chi connectivity index (χ3v) is 5.03. The Morgan fingerprint density at radius 1 is 1.20 bits per heavy atom. The minimum Gasteiger partial charge on any atom is -0.458 e. The number of amides is 1. The van der Waals surface area contributed by atoms with Gasteiger partial charge in [0, 0.05) is 23.3 Å². The van der Waals surface area contributed by atoms with E-state index in [1.54, 1.807) is 45.9 Å². The van der Waals surface area contributed by atoms with Gasteiger partial charge in [0.2, 0.25) is 0 Å². The molecule has 1 aliphatic carbocycles. The molecule has 2 aliphatic heterocycles. The van der Waals surface area contributed by atoms with E-state index in [0.29, 0.717) is 23.3 Å². The van der Waals surface area contributed by atoms with Crippen molar-refractivity contribution < 1.29 is 33.3 Å². The van der Waals surface area contributed by atoms with Crippen LogP contribution in [0.25, 0.3) is 0 Å². The summed E-state index contributed by atoms with van der Waals surface area (Å²) in [6, 6.07) is 5.49. The largest absolute Gasteiger partial charge is 0.458 e. The van der Waals surface area contributed by atoms with Crippen molar-refractivity contribution >= 4 is 23.7 Å². The number of hydrogen-bond donors (Lipinski definition) is 1. The van der Waals surface area contributed by atoms with Crippen LogP contribution in [0.2, 0.25) is 0 Å². The van der Waals surface area contributed by atoms with Crippen molar-refractivity contribution in [3.05, 3.63) is 52.8 Å². The molecule has 158 valence electrons. The highest BCUT2D eigenvalue weighted by atomic mass is 16.7. The summed E-state index contributed by atoms with van der Waals surface area (Å²) in [6.45, 7) is 7.00. The lowest BCUT2D eigenvalue weighted by Gasteiger charge is -2.20. The Morgan fingerprint density at radius 2 is 1.97 bits per heavy atom. The van der Waals surface area contributed by atoms with Gasteiger partial charge in [-0.15, -0.1) is 0 Å². The van der Waals surface area contributed by atoms with E-state index in [4.69, 9.17) is 18.9 Å². The lowest BCUT2D eigenvalue weighted by molar-refractivity contribution is -0.152. The Bertz CT molecular complexity index is 986. The second-order valence-corrected chi connectivity index (χ2v) is 8.51. The second kappa shape index (κ2) is 7.19. The van der Waals surface area contributed by atoms with Crippen LogP contribution >= 0.6 is 0 Å². The quantitative estimate of drug-likeness (QED) is 0.350. The Kier molecular flexibility index (Phi) is 4.80. The van der Waals surface area contributed by atoms with Gasteiger partial charge in [-0.2, -0.15) is 0 Å². The smallest absolute Gasteiger partial charge is 0.412 e. The molecule has 1 aromatic rings. The first kappa shape index (κ1) is 20.0. The molecule has 3 aliphatic rings. The molecular formula is C22H23NO7. The molecule has 1 fully saturated rings. The zero-order valence-corrected chi connectivity index (χ0v) is 17.2. The third kappa shape index (κ3) is 3.90. The summed E-state index contributed by atoms with van der Waals surface area (Å²) in [4.78, 5) is 35.8. The number of carbonyl (C=O) groups is 3. The average Bonchev–Trinajstić information content (AvgIpc) is 3.23. The van der Waals surface area contributed by atoms with Crippen LogP contribution in [0.4, 0.5) is 10.5 Å². The first-order valence-corrected chi connectivity index (χ1v) is 9.69. The molecule has 0 saturated carbocycles. The highest BCUT2D eigenvalue weighted by Crippen LogP contribution is 2.48. The van der Waals surface area contributed by atoms with Gasteiger partial charge in [0.25, 0.3) is 6.29 Å². The van der Waals surface area contributed by atoms with E-state index in [1.807, 2.05) is 6.07 Å². The molecule has 0 aromatic heterocycles. The number of nitrogens with one attached hydrogen (secondary N) is 1. The summed E-state index contributed by atoms with van der Waals surface area (Å²) in [6.07, 6.45) is 1.63. The summed E-state index contributed by atoms with van der Waals surface area (Å²) in [5.74, 6) is -1.11. The van der Waals surface area contributed by atoms with Gasteiger partial charge in [-0.05, 0) is 57.4 Å². The van der Waals surface area contributed by atoms with Crippen molar-refractivity contribution in [3.63, 3.8) is 0 Å². The number of fused-ring (bicyclic) bond motifs is 3. The van der Waals surface area contributed by atoms with E-state index in [9.17, 15) is 14.4 Å². The zero-order chi connectivity index (χ0) is 21.6.